The molecule has 0 spiro atoms. The Kier molecular flexibility index (Phi) is 4.28. The first kappa shape index (κ1) is 13.0. The van der Waals surface area contributed by atoms with E-state index in [0.717, 1.165) is 23.4 Å². The molecule has 3 nitrogen and oxygen atoms in total. The van der Waals surface area contributed by atoms with E-state index in [4.69, 9.17) is 22.7 Å². The summed E-state index contributed by atoms with van der Waals surface area (Å²) in [5.74, 6) is 0.831. The van der Waals surface area contributed by atoms with E-state index in [1.165, 1.54) is 4.88 Å². The summed E-state index contributed by atoms with van der Waals surface area (Å²) in [6, 6.07) is 7.51. The van der Waals surface area contributed by atoms with Crippen LogP contribution < -0.4 is 10.5 Å². The van der Waals surface area contributed by atoms with Crippen molar-refractivity contribution in [2.75, 3.05) is 6.61 Å². The molecule has 1 aromatic carbocycles. The van der Waals surface area contributed by atoms with Crippen LogP contribution in [-0.4, -0.2) is 16.6 Å². The van der Waals surface area contributed by atoms with Gasteiger partial charge in [0.25, 0.3) is 0 Å². The van der Waals surface area contributed by atoms with Gasteiger partial charge in [0.1, 0.15) is 10.7 Å². The van der Waals surface area contributed by atoms with Gasteiger partial charge < -0.3 is 10.5 Å². The van der Waals surface area contributed by atoms with E-state index in [0.29, 0.717) is 11.6 Å². The molecule has 5 heteroatoms. The summed E-state index contributed by atoms with van der Waals surface area (Å²) in [5, 5.41) is 0. The minimum Gasteiger partial charge on any atom is -0.493 e. The molecule has 1 aromatic heterocycles. The summed E-state index contributed by atoms with van der Waals surface area (Å²) < 4.78 is 5.66. The van der Waals surface area contributed by atoms with Crippen LogP contribution >= 0.6 is 23.6 Å². The van der Waals surface area contributed by atoms with Gasteiger partial charge in [-0.15, -0.1) is 11.3 Å². The van der Waals surface area contributed by atoms with E-state index in [2.05, 4.69) is 4.98 Å². The van der Waals surface area contributed by atoms with Crippen LogP contribution in [0.15, 0.2) is 29.8 Å². The smallest absolute Gasteiger partial charge is 0.119 e. The quantitative estimate of drug-likeness (QED) is 0.854. The summed E-state index contributed by atoms with van der Waals surface area (Å²) >= 11 is 6.56. The first-order valence-electron chi connectivity index (χ1n) is 5.58. The number of aromatic nitrogens is 1. The second-order valence-electron chi connectivity index (χ2n) is 3.85. The standard InChI is InChI=1S/C13H14N2OS2/c1-9-12(18-8-15-9)6-7-16-11-4-2-10(3-5-11)13(14)17/h2-5,8H,6-7H2,1H3,(H2,14,17). The van der Waals surface area contributed by atoms with E-state index >= 15 is 0 Å². The van der Waals surface area contributed by atoms with Gasteiger partial charge in [-0.2, -0.15) is 0 Å². The van der Waals surface area contributed by atoms with Crippen LogP contribution in [0.4, 0.5) is 0 Å². The van der Waals surface area contributed by atoms with Crippen LogP contribution in [0.1, 0.15) is 16.1 Å². The average molecular weight is 278 g/mol. The minimum absolute atomic E-state index is 0.404. The van der Waals surface area contributed by atoms with E-state index in [1.807, 2.05) is 36.7 Å². The van der Waals surface area contributed by atoms with E-state index in [9.17, 15) is 0 Å². The lowest BCUT2D eigenvalue weighted by Gasteiger charge is -2.06. The lowest BCUT2D eigenvalue weighted by Crippen LogP contribution is -2.09. The average Bonchev–Trinajstić information content (AvgIpc) is 2.76. The van der Waals surface area contributed by atoms with Crippen molar-refractivity contribution >= 4 is 28.5 Å². The summed E-state index contributed by atoms with van der Waals surface area (Å²) in [6.07, 6.45) is 0.882. The van der Waals surface area contributed by atoms with Gasteiger partial charge in [-0.3, -0.25) is 0 Å². The zero-order valence-corrected chi connectivity index (χ0v) is 11.7. The molecular weight excluding hydrogens is 264 g/mol. The lowest BCUT2D eigenvalue weighted by molar-refractivity contribution is 0.322. The van der Waals surface area contributed by atoms with Crippen LogP contribution in [0.2, 0.25) is 0 Å². The van der Waals surface area contributed by atoms with Crippen molar-refractivity contribution in [3.8, 4) is 5.75 Å². The number of thiazole rings is 1. The lowest BCUT2D eigenvalue weighted by atomic mass is 10.2. The SMILES string of the molecule is Cc1ncsc1CCOc1ccc(C(N)=S)cc1. The molecule has 18 heavy (non-hydrogen) atoms. The summed E-state index contributed by atoms with van der Waals surface area (Å²) in [7, 11) is 0. The molecule has 0 amide bonds. The number of aryl methyl sites for hydroxylation is 1. The van der Waals surface area contributed by atoms with Crippen molar-refractivity contribution in [2.24, 2.45) is 5.73 Å². The fourth-order valence-corrected chi connectivity index (χ4v) is 2.44. The minimum atomic E-state index is 0.404. The number of nitrogens with zero attached hydrogens (tertiary/aromatic N) is 1. The maximum absolute atomic E-state index is 5.66. The monoisotopic (exact) mass is 278 g/mol. The molecule has 0 aliphatic carbocycles. The van der Waals surface area contributed by atoms with Crippen LogP contribution in [0.25, 0.3) is 0 Å². The van der Waals surface area contributed by atoms with E-state index in [1.54, 1.807) is 11.3 Å². The molecule has 0 saturated carbocycles. The molecule has 2 aromatic rings. The summed E-state index contributed by atoms with van der Waals surface area (Å²) in [6.45, 7) is 2.66. The predicted octanol–water partition coefficient (Wildman–Crippen LogP) is 2.71. The van der Waals surface area contributed by atoms with E-state index < -0.39 is 0 Å². The van der Waals surface area contributed by atoms with Crippen LogP contribution in [-0.2, 0) is 6.42 Å². The highest BCUT2D eigenvalue weighted by atomic mass is 32.1. The van der Waals surface area contributed by atoms with Gasteiger partial charge >= 0.3 is 0 Å². The highest BCUT2D eigenvalue weighted by molar-refractivity contribution is 7.80. The predicted molar refractivity (Wildman–Crippen MR) is 78.4 cm³/mol. The number of hydrogen-bond acceptors (Lipinski definition) is 4. The van der Waals surface area contributed by atoms with Gasteiger partial charge in [0.15, 0.2) is 0 Å². The number of ether oxygens (including phenoxy) is 1. The number of hydrogen-bond donors (Lipinski definition) is 1. The van der Waals surface area contributed by atoms with Crippen molar-refractivity contribution < 1.29 is 4.74 Å². The van der Waals surface area contributed by atoms with Gasteiger partial charge in [-0.05, 0) is 31.2 Å². The van der Waals surface area contributed by atoms with Gasteiger partial charge in [-0.1, -0.05) is 12.2 Å². The molecule has 0 unspecified atom stereocenters. The number of nitrogens with two attached hydrogens (primary N) is 1. The first-order valence-corrected chi connectivity index (χ1v) is 6.87. The first-order chi connectivity index (χ1) is 8.66. The Bertz CT molecular complexity index is 534. The highest BCUT2D eigenvalue weighted by Crippen LogP contribution is 2.15. The largest absolute Gasteiger partial charge is 0.493 e. The highest BCUT2D eigenvalue weighted by Gasteiger charge is 2.02. The Morgan fingerprint density at radius 2 is 2.11 bits per heavy atom. The Hall–Kier alpha value is -1.46. The number of thiocarbonyl (C=S) groups is 1. The van der Waals surface area contributed by atoms with Gasteiger partial charge in [0.05, 0.1) is 17.8 Å². The topological polar surface area (TPSA) is 48.1 Å². The van der Waals surface area contributed by atoms with Crippen molar-refractivity contribution in [2.45, 2.75) is 13.3 Å². The second kappa shape index (κ2) is 5.93. The molecule has 0 atom stereocenters. The molecule has 2 rings (SSSR count). The fourth-order valence-electron chi connectivity index (χ4n) is 1.54. The molecule has 0 saturated heterocycles. The molecule has 1 heterocycles. The molecule has 94 valence electrons. The fraction of sp³-hybridized carbons (Fsp3) is 0.231. The Balaban J connectivity index is 1.87. The maximum Gasteiger partial charge on any atom is 0.119 e. The van der Waals surface area contributed by atoms with Crippen molar-refractivity contribution in [3.63, 3.8) is 0 Å². The second-order valence-corrected chi connectivity index (χ2v) is 5.23. The van der Waals surface area contributed by atoms with Gasteiger partial charge in [0.2, 0.25) is 0 Å². The molecular formula is C13H14N2OS2. The Morgan fingerprint density at radius 1 is 1.39 bits per heavy atom. The van der Waals surface area contributed by atoms with Gasteiger partial charge in [0, 0.05) is 16.9 Å². The Labute approximate surface area is 116 Å². The number of rotatable bonds is 5. The molecule has 0 aliphatic rings. The van der Waals surface area contributed by atoms with Crippen molar-refractivity contribution in [1.82, 2.24) is 4.98 Å². The summed E-state index contributed by atoms with van der Waals surface area (Å²) in [5.41, 5.74) is 9.34. The molecule has 0 radical (unpaired) electrons. The maximum atomic E-state index is 5.66. The van der Waals surface area contributed by atoms with Crippen LogP contribution in [0.3, 0.4) is 0 Å². The molecule has 2 N–H and O–H groups in total. The Morgan fingerprint density at radius 3 is 2.67 bits per heavy atom. The molecule has 0 fully saturated rings. The van der Waals surface area contributed by atoms with Gasteiger partial charge in [-0.25, -0.2) is 4.98 Å². The van der Waals surface area contributed by atoms with Crippen LogP contribution in [0.5, 0.6) is 5.75 Å². The zero-order chi connectivity index (χ0) is 13.0. The third kappa shape index (κ3) is 3.27. The summed E-state index contributed by atoms with van der Waals surface area (Å²) in [4.78, 5) is 5.89. The zero-order valence-electron chi connectivity index (χ0n) is 10.1. The molecule has 0 bridgehead atoms. The van der Waals surface area contributed by atoms with Crippen LogP contribution in [0, 0.1) is 6.92 Å². The third-order valence-corrected chi connectivity index (χ3v) is 3.81. The van der Waals surface area contributed by atoms with E-state index in [-0.39, 0.29) is 0 Å². The normalized spacial score (nSPS) is 10.3. The molecule has 0 aliphatic heterocycles. The number of benzene rings is 1. The van der Waals surface area contributed by atoms with Crippen molar-refractivity contribution in [3.05, 3.63) is 45.9 Å². The third-order valence-electron chi connectivity index (χ3n) is 2.58. The van der Waals surface area contributed by atoms with Crippen molar-refractivity contribution in [1.29, 1.82) is 0 Å².